The fourth-order valence-corrected chi connectivity index (χ4v) is 1.50. The minimum Gasteiger partial charge on any atom is -0.360 e. The Kier molecular flexibility index (Phi) is 1.53. The first-order valence-electron chi connectivity index (χ1n) is 4.05. The molecule has 2 nitrogen and oxygen atoms in total. The summed E-state index contributed by atoms with van der Waals surface area (Å²) in [6.07, 6.45) is 4.33. The summed E-state index contributed by atoms with van der Waals surface area (Å²) in [5.41, 5.74) is 3.81. The molecule has 1 N–H and O–H groups in total. The Balaban J connectivity index is 2.35. The van der Waals surface area contributed by atoms with Gasteiger partial charge in [0.15, 0.2) is 0 Å². The molecule has 0 bridgehead atoms. The molecule has 1 aromatic heterocycles. The highest BCUT2D eigenvalue weighted by Crippen LogP contribution is 2.14. The molecule has 0 spiro atoms. The summed E-state index contributed by atoms with van der Waals surface area (Å²) in [6, 6.07) is 2.09. The van der Waals surface area contributed by atoms with Crippen molar-refractivity contribution in [1.82, 2.24) is 4.98 Å². The fourth-order valence-electron chi connectivity index (χ4n) is 1.50. The van der Waals surface area contributed by atoms with Crippen LogP contribution in [0.4, 0.5) is 0 Å². The maximum absolute atomic E-state index is 4.42. The van der Waals surface area contributed by atoms with Crippen LogP contribution in [0.3, 0.4) is 0 Å². The molecule has 0 atom stereocenters. The van der Waals surface area contributed by atoms with Gasteiger partial charge in [-0.2, -0.15) is 0 Å². The van der Waals surface area contributed by atoms with Gasteiger partial charge in [-0.3, -0.25) is 4.99 Å². The van der Waals surface area contributed by atoms with Gasteiger partial charge < -0.3 is 4.98 Å². The lowest BCUT2D eigenvalue weighted by molar-refractivity contribution is 0.950. The summed E-state index contributed by atoms with van der Waals surface area (Å²) in [4.78, 5) is 7.64. The number of aromatic nitrogens is 1. The third kappa shape index (κ3) is 1.09. The third-order valence-electron chi connectivity index (χ3n) is 2.12. The molecule has 0 fully saturated rings. The maximum atomic E-state index is 4.42. The highest BCUT2D eigenvalue weighted by Gasteiger charge is 2.11. The second-order valence-corrected chi connectivity index (χ2v) is 2.97. The Hall–Kier alpha value is -1.05. The van der Waals surface area contributed by atoms with E-state index in [2.05, 4.69) is 23.0 Å². The quantitative estimate of drug-likeness (QED) is 0.630. The molecule has 1 aliphatic rings. The minimum absolute atomic E-state index is 1.01. The van der Waals surface area contributed by atoms with Gasteiger partial charge in [0.2, 0.25) is 0 Å². The molecule has 11 heavy (non-hydrogen) atoms. The smallest absolute Gasteiger partial charge is 0.0624 e. The van der Waals surface area contributed by atoms with E-state index in [0.29, 0.717) is 0 Å². The summed E-state index contributed by atoms with van der Waals surface area (Å²) in [7, 11) is 0. The number of aryl methyl sites for hydroxylation is 1. The molecule has 0 unspecified atom stereocenters. The van der Waals surface area contributed by atoms with Gasteiger partial charge in [0.1, 0.15) is 0 Å². The summed E-state index contributed by atoms with van der Waals surface area (Å²) < 4.78 is 0. The molecular weight excluding hydrogens is 136 g/mol. The van der Waals surface area contributed by atoms with Crippen molar-refractivity contribution in [3.8, 4) is 0 Å². The number of H-pyrrole nitrogens is 1. The number of aliphatic imine (C=N–C) groups is 1. The number of nitrogens with one attached hydrogen (secondary N) is 1. The minimum atomic E-state index is 1.01. The number of aromatic amines is 1. The molecule has 1 aliphatic heterocycles. The van der Waals surface area contributed by atoms with Crippen molar-refractivity contribution in [1.29, 1.82) is 0 Å². The van der Waals surface area contributed by atoms with E-state index in [1.807, 2.05) is 6.20 Å². The monoisotopic (exact) mass is 148 g/mol. The van der Waals surface area contributed by atoms with Gasteiger partial charge in [0.25, 0.3) is 0 Å². The molecule has 1 aromatic rings. The number of nitrogens with zero attached hydrogens (tertiary/aromatic N) is 1. The van der Waals surface area contributed by atoms with Crippen LogP contribution in [0.15, 0.2) is 17.3 Å². The van der Waals surface area contributed by atoms with Crippen molar-refractivity contribution >= 4 is 5.71 Å². The summed E-state index contributed by atoms with van der Waals surface area (Å²) in [6.45, 7) is 3.13. The third-order valence-corrected chi connectivity index (χ3v) is 2.12. The zero-order valence-electron chi connectivity index (χ0n) is 6.72. The van der Waals surface area contributed by atoms with E-state index in [9.17, 15) is 0 Å². The van der Waals surface area contributed by atoms with Crippen LogP contribution in [-0.4, -0.2) is 17.2 Å². The van der Waals surface area contributed by atoms with Gasteiger partial charge in [-0.25, -0.2) is 0 Å². The van der Waals surface area contributed by atoms with Gasteiger partial charge in [0, 0.05) is 12.7 Å². The molecule has 0 aliphatic carbocycles. The highest BCUT2D eigenvalue weighted by molar-refractivity contribution is 6.01. The van der Waals surface area contributed by atoms with Crippen LogP contribution in [0, 0.1) is 6.92 Å². The Bertz CT molecular complexity index is 284. The molecule has 2 rings (SSSR count). The van der Waals surface area contributed by atoms with Gasteiger partial charge in [-0.05, 0) is 31.4 Å². The van der Waals surface area contributed by atoms with Crippen LogP contribution in [0.1, 0.15) is 24.1 Å². The lowest BCUT2D eigenvalue weighted by atomic mass is 10.1. The van der Waals surface area contributed by atoms with E-state index in [1.54, 1.807) is 0 Å². The molecule has 0 saturated carbocycles. The first-order valence-corrected chi connectivity index (χ1v) is 4.05. The van der Waals surface area contributed by atoms with Crippen LogP contribution in [0.2, 0.25) is 0 Å². The van der Waals surface area contributed by atoms with Crippen molar-refractivity contribution < 1.29 is 0 Å². The van der Waals surface area contributed by atoms with Crippen LogP contribution in [0.25, 0.3) is 0 Å². The van der Waals surface area contributed by atoms with Gasteiger partial charge in [-0.15, -0.1) is 0 Å². The average molecular weight is 148 g/mol. The lowest BCUT2D eigenvalue weighted by Crippen LogP contribution is -1.97. The second kappa shape index (κ2) is 2.53. The van der Waals surface area contributed by atoms with Crippen molar-refractivity contribution in [3.63, 3.8) is 0 Å². The van der Waals surface area contributed by atoms with E-state index in [-0.39, 0.29) is 0 Å². The van der Waals surface area contributed by atoms with Crippen molar-refractivity contribution in [2.75, 3.05) is 6.54 Å². The number of hydrogen-bond donors (Lipinski definition) is 1. The largest absolute Gasteiger partial charge is 0.360 e. The molecule has 0 saturated heterocycles. The fraction of sp³-hybridized carbons (Fsp3) is 0.444. The molecular formula is C9H12N2. The summed E-state index contributed by atoms with van der Waals surface area (Å²) in [5, 5.41) is 0. The number of hydrogen-bond acceptors (Lipinski definition) is 1. The first-order chi connectivity index (χ1) is 5.38. The highest BCUT2D eigenvalue weighted by atomic mass is 14.8. The van der Waals surface area contributed by atoms with E-state index >= 15 is 0 Å². The van der Waals surface area contributed by atoms with Gasteiger partial charge in [0.05, 0.1) is 11.4 Å². The van der Waals surface area contributed by atoms with E-state index in [0.717, 1.165) is 13.0 Å². The van der Waals surface area contributed by atoms with Gasteiger partial charge >= 0.3 is 0 Å². The second-order valence-electron chi connectivity index (χ2n) is 2.97. The van der Waals surface area contributed by atoms with Crippen LogP contribution in [0.5, 0.6) is 0 Å². The van der Waals surface area contributed by atoms with Crippen molar-refractivity contribution in [2.24, 2.45) is 4.99 Å². The van der Waals surface area contributed by atoms with Crippen LogP contribution in [-0.2, 0) is 0 Å². The molecule has 58 valence electrons. The standard InChI is InChI=1S/C9H12N2/c1-7-4-6-11-9(7)8-3-2-5-10-8/h4,6,11H,2-3,5H2,1H3. The SMILES string of the molecule is Cc1cc[nH]c1C1=NCCC1. The van der Waals surface area contributed by atoms with E-state index in [1.165, 1.54) is 23.4 Å². The zero-order valence-corrected chi connectivity index (χ0v) is 6.72. The Morgan fingerprint density at radius 1 is 1.55 bits per heavy atom. The normalized spacial score (nSPS) is 17.0. The van der Waals surface area contributed by atoms with Crippen molar-refractivity contribution in [2.45, 2.75) is 19.8 Å². The first kappa shape index (κ1) is 6.65. The number of rotatable bonds is 1. The average Bonchev–Trinajstić information content (AvgIpc) is 2.55. The van der Waals surface area contributed by atoms with Crippen LogP contribution >= 0.6 is 0 Å². The molecule has 2 heterocycles. The predicted molar refractivity (Wildman–Crippen MR) is 46.2 cm³/mol. The zero-order chi connectivity index (χ0) is 7.68. The predicted octanol–water partition coefficient (Wildman–Crippen LogP) is 1.91. The Labute approximate surface area is 66.4 Å². The van der Waals surface area contributed by atoms with Crippen molar-refractivity contribution in [3.05, 3.63) is 23.5 Å². The van der Waals surface area contributed by atoms with Crippen LogP contribution < -0.4 is 0 Å². The molecule has 0 aromatic carbocycles. The van der Waals surface area contributed by atoms with E-state index < -0.39 is 0 Å². The summed E-state index contributed by atoms with van der Waals surface area (Å²) >= 11 is 0. The maximum Gasteiger partial charge on any atom is 0.0624 e. The molecule has 0 radical (unpaired) electrons. The topological polar surface area (TPSA) is 28.1 Å². The molecule has 0 amide bonds. The lowest BCUT2D eigenvalue weighted by Gasteiger charge is -1.96. The molecule has 2 heteroatoms. The van der Waals surface area contributed by atoms with Gasteiger partial charge in [-0.1, -0.05) is 0 Å². The summed E-state index contributed by atoms with van der Waals surface area (Å²) in [5.74, 6) is 0. The Morgan fingerprint density at radius 2 is 2.45 bits per heavy atom. The van der Waals surface area contributed by atoms with E-state index in [4.69, 9.17) is 0 Å². The Morgan fingerprint density at radius 3 is 3.00 bits per heavy atom.